The summed E-state index contributed by atoms with van der Waals surface area (Å²) in [6, 6.07) is 14.0. The highest BCUT2D eigenvalue weighted by Crippen LogP contribution is 2.28. The van der Waals surface area contributed by atoms with E-state index in [0.29, 0.717) is 13.2 Å². The number of ether oxygens (including phenoxy) is 1. The van der Waals surface area contributed by atoms with E-state index in [2.05, 4.69) is 27.0 Å². The van der Waals surface area contributed by atoms with Crippen molar-refractivity contribution in [3.05, 3.63) is 57.5 Å². The quantitative estimate of drug-likeness (QED) is 0.772. The van der Waals surface area contributed by atoms with Crippen LogP contribution in [0.3, 0.4) is 0 Å². The van der Waals surface area contributed by atoms with Gasteiger partial charge in [-0.2, -0.15) is 0 Å². The maximum atomic E-state index is 5.81. The molecule has 3 rings (SSSR count). The van der Waals surface area contributed by atoms with Gasteiger partial charge < -0.3 is 10.5 Å². The van der Waals surface area contributed by atoms with Crippen LogP contribution in [0.25, 0.3) is 10.2 Å². The first-order valence-electron chi connectivity index (χ1n) is 6.22. The Morgan fingerprint density at radius 2 is 2.05 bits per heavy atom. The van der Waals surface area contributed by atoms with E-state index in [1.807, 2.05) is 36.4 Å². The summed E-state index contributed by atoms with van der Waals surface area (Å²) in [4.78, 5) is 4.55. The van der Waals surface area contributed by atoms with Crippen molar-refractivity contribution >= 4 is 37.5 Å². The van der Waals surface area contributed by atoms with Crippen molar-refractivity contribution in [1.82, 2.24) is 4.98 Å². The molecule has 3 aromatic rings. The van der Waals surface area contributed by atoms with Gasteiger partial charge in [-0.3, -0.25) is 0 Å². The lowest BCUT2D eigenvalue weighted by atomic mass is 10.2. The number of benzene rings is 2. The molecular weight excluding hydrogens is 336 g/mol. The highest BCUT2D eigenvalue weighted by atomic mass is 79.9. The van der Waals surface area contributed by atoms with Gasteiger partial charge in [-0.25, -0.2) is 4.98 Å². The minimum absolute atomic E-state index is 0.472. The number of thiazole rings is 1. The number of halogens is 1. The first-order valence-corrected chi connectivity index (χ1v) is 7.83. The predicted molar refractivity (Wildman–Crippen MR) is 86.0 cm³/mol. The second-order valence-corrected chi connectivity index (χ2v) is 6.30. The zero-order valence-electron chi connectivity index (χ0n) is 10.7. The molecule has 0 saturated heterocycles. The summed E-state index contributed by atoms with van der Waals surface area (Å²) < 4.78 is 7.91. The first-order chi connectivity index (χ1) is 9.76. The Balaban J connectivity index is 1.75. The van der Waals surface area contributed by atoms with Crippen LogP contribution >= 0.6 is 27.3 Å². The van der Waals surface area contributed by atoms with E-state index in [1.54, 1.807) is 11.3 Å². The molecule has 5 heteroatoms. The van der Waals surface area contributed by atoms with Gasteiger partial charge in [0.05, 0.1) is 14.7 Å². The fraction of sp³-hybridized carbons (Fsp3) is 0.133. The Kier molecular flexibility index (Phi) is 4.00. The SMILES string of the molecule is NCc1ccc(OCc2nc3ccccc3s2)c(Br)c1. The summed E-state index contributed by atoms with van der Waals surface area (Å²) in [7, 11) is 0. The molecule has 0 atom stereocenters. The number of fused-ring (bicyclic) bond motifs is 1. The number of para-hydroxylation sites is 1. The maximum Gasteiger partial charge on any atom is 0.140 e. The Bertz CT molecular complexity index is 709. The molecule has 0 bridgehead atoms. The van der Waals surface area contributed by atoms with Gasteiger partial charge >= 0.3 is 0 Å². The number of nitrogens with two attached hydrogens (primary N) is 1. The van der Waals surface area contributed by atoms with Crippen molar-refractivity contribution in [2.45, 2.75) is 13.2 Å². The highest BCUT2D eigenvalue weighted by molar-refractivity contribution is 9.10. The summed E-state index contributed by atoms with van der Waals surface area (Å²) in [6.07, 6.45) is 0. The topological polar surface area (TPSA) is 48.1 Å². The van der Waals surface area contributed by atoms with Gasteiger partial charge in [0, 0.05) is 6.54 Å². The molecule has 0 spiro atoms. The van der Waals surface area contributed by atoms with Crippen molar-refractivity contribution in [3.8, 4) is 5.75 Å². The third-order valence-corrected chi connectivity index (χ3v) is 4.55. The van der Waals surface area contributed by atoms with E-state index in [0.717, 1.165) is 26.3 Å². The molecule has 0 fully saturated rings. The van der Waals surface area contributed by atoms with E-state index in [1.165, 1.54) is 4.70 Å². The molecule has 0 saturated carbocycles. The second-order valence-electron chi connectivity index (χ2n) is 4.33. The largest absolute Gasteiger partial charge is 0.485 e. The van der Waals surface area contributed by atoms with E-state index in [-0.39, 0.29) is 0 Å². The van der Waals surface area contributed by atoms with Crippen LogP contribution in [0.15, 0.2) is 46.9 Å². The third-order valence-electron chi connectivity index (χ3n) is 2.92. The van der Waals surface area contributed by atoms with Crippen LogP contribution in [0.1, 0.15) is 10.6 Å². The predicted octanol–water partition coefficient (Wildman–Crippen LogP) is 4.10. The molecule has 3 nitrogen and oxygen atoms in total. The minimum atomic E-state index is 0.472. The molecule has 0 aliphatic carbocycles. The first kappa shape index (κ1) is 13.5. The minimum Gasteiger partial charge on any atom is -0.485 e. The molecule has 0 unspecified atom stereocenters. The smallest absolute Gasteiger partial charge is 0.140 e. The fourth-order valence-electron chi connectivity index (χ4n) is 1.91. The maximum absolute atomic E-state index is 5.81. The van der Waals surface area contributed by atoms with Crippen molar-refractivity contribution < 1.29 is 4.74 Å². The number of nitrogens with zero attached hydrogens (tertiary/aromatic N) is 1. The molecule has 0 aliphatic heterocycles. The fourth-order valence-corrected chi connectivity index (χ4v) is 3.33. The molecule has 2 aromatic carbocycles. The van der Waals surface area contributed by atoms with Gasteiger partial charge in [-0.05, 0) is 45.8 Å². The van der Waals surface area contributed by atoms with Crippen LogP contribution < -0.4 is 10.5 Å². The lowest BCUT2D eigenvalue weighted by molar-refractivity contribution is 0.304. The van der Waals surface area contributed by atoms with Crippen LogP contribution in [0.4, 0.5) is 0 Å². The van der Waals surface area contributed by atoms with Crippen LogP contribution in [0, 0.1) is 0 Å². The average Bonchev–Trinajstić information content (AvgIpc) is 2.88. The molecule has 20 heavy (non-hydrogen) atoms. The molecule has 0 radical (unpaired) electrons. The van der Waals surface area contributed by atoms with Gasteiger partial charge in [0.25, 0.3) is 0 Å². The number of hydrogen-bond acceptors (Lipinski definition) is 4. The molecule has 102 valence electrons. The van der Waals surface area contributed by atoms with Crippen LogP contribution in [-0.2, 0) is 13.2 Å². The molecule has 1 heterocycles. The van der Waals surface area contributed by atoms with Crippen molar-refractivity contribution in [2.75, 3.05) is 0 Å². The van der Waals surface area contributed by atoms with Crippen LogP contribution in [-0.4, -0.2) is 4.98 Å². The van der Waals surface area contributed by atoms with E-state index >= 15 is 0 Å². The Hall–Kier alpha value is -1.43. The van der Waals surface area contributed by atoms with Gasteiger partial charge in [0.2, 0.25) is 0 Å². The van der Waals surface area contributed by atoms with Gasteiger partial charge in [0.15, 0.2) is 0 Å². The lowest BCUT2D eigenvalue weighted by Gasteiger charge is -2.07. The van der Waals surface area contributed by atoms with Gasteiger partial charge in [-0.1, -0.05) is 18.2 Å². The standard InChI is InChI=1S/C15H13BrN2OS/c16-11-7-10(8-17)5-6-13(11)19-9-15-18-12-3-1-2-4-14(12)20-15/h1-7H,8-9,17H2. The zero-order chi connectivity index (χ0) is 13.9. The number of rotatable bonds is 4. The Morgan fingerprint density at radius 1 is 1.20 bits per heavy atom. The molecular formula is C15H13BrN2OS. The number of aromatic nitrogens is 1. The average molecular weight is 349 g/mol. The summed E-state index contributed by atoms with van der Waals surface area (Å²) in [6.45, 7) is 0.997. The van der Waals surface area contributed by atoms with Crippen LogP contribution in [0.5, 0.6) is 5.75 Å². The molecule has 1 aromatic heterocycles. The normalized spacial score (nSPS) is 10.9. The van der Waals surface area contributed by atoms with E-state index in [4.69, 9.17) is 10.5 Å². The summed E-state index contributed by atoms with van der Waals surface area (Å²) in [5, 5.41) is 0.973. The molecule has 2 N–H and O–H groups in total. The van der Waals surface area contributed by atoms with Crippen LogP contribution in [0.2, 0.25) is 0 Å². The van der Waals surface area contributed by atoms with Crippen molar-refractivity contribution in [2.24, 2.45) is 5.73 Å². The van der Waals surface area contributed by atoms with E-state index < -0.39 is 0 Å². The Morgan fingerprint density at radius 3 is 2.80 bits per heavy atom. The van der Waals surface area contributed by atoms with Gasteiger partial charge in [-0.15, -0.1) is 11.3 Å². The second kappa shape index (κ2) is 5.91. The van der Waals surface area contributed by atoms with Crippen molar-refractivity contribution in [1.29, 1.82) is 0 Å². The number of hydrogen-bond donors (Lipinski definition) is 1. The zero-order valence-corrected chi connectivity index (χ0v) is 13.1. The third kappa shape index (κ3) is 2.85. The summed E-state index contributed by atoms with van der Waals surface area (Å²) in [5.74, 6) is 0.807. The van der Waals surface area contributed by atoms with E-state index in [9.17, 15) is 0 Å². The van der Waals surface area contributed by atoms with Gasteiger partial charge in [0.1, 0.15) is 17.4 Å². The summed E-state index contributed by atoms with van der Waals surface area (Å²) in [5.41, 5.74) is 7.70. The lowest BCUT2D eigenvalue weighted by Crippen LogP contribution is -1.98. The van der Waals surface area contributed by atoms with Crippen molar-refractivity contribution in [3.63, 3.8) is 0 Å². The highest BCUT2D eigenvalue weighted by Gasteiger charge is 2.06. The monoisotopic (exact) mass is 348 g/mol. The summed E-state index contributed by atoms with van der Waals surface area (Å²) >= 11 is 5.16. The Labute approximate surface area is 129 Å². The molecule has 0 aliphatic rings. The molecule has 0 amide bonds.